The Morgan fingerprint density at radius 3 is 2.47 bits per heavy atom. The molecule has 1 rings (SSSR count). The van der Waals surface area contributed by atoms with E-state index in [1.54, 1.807) is 0 Å². The van der Waals surface area contributed by atoms with Gasteiger partial charge in [-0.15, -0.1) is 0 Å². The molecule has 0 radical (unpaired) electrons. The van der Waals surface area contributed by atoms with Gasteiger partial charge in [-0.05, 0) is 37.7 Å². The minimum absolute atomic E-state index is 0.472. The second-order valence-corrected chi connectivity index (χ2v) is 4.87. The SMILES string of the molecule is CCCC(CCC)OC1=CCC(C)CC1. The lowest BCUT2D eigenvalue weighted by Gasteiger charge is -2.24. The van der Waals surface area contributed by atoms with E-state index >= 15 is 0 Å². The van der Waals surface area contributed by atoms with Crippen LogP contribution in [0.3, 0.4) is 0 Å². The Kier molecular flexibility index (Phi) is 5.82. The van der Waals surface area contributed by atoms with Crippen LogP contribution in [-0.4, -0.2) is 6.10 Å². The van der Waals surface area contributed by atoms with Crippen LogP contribution < -0.4 is 0 Å². The quantitative estimate of drug-likeness (QED) is 0.618. The normalized spacial score (nSPS) is 21.6. The third kappa shape index (κ3) is 4.72. The third-order valence-electron chi connectivity index (χ3n) is 3.17. The molecular formula is C14H26O. The van der Waals surface area contributed by atoms with E-state index < -0.39 is 0 Å². The summed E-state index contributed by atoms with van der Waals surface area (Å²) in [5, 5.41) is 0. The monoisotopic (exact) mass is 210 g/mol. The summed E-state index contributed by atoms with van der Waals surface area (Å²) in [6.07, 6.45) is 11.3. The number of hydrogen-bond donors (Lipinski definition) is 0. The van der Waals surface area contributed by atoms with Crippen molar-refractivity contribution in [2.24, 2.45) is 5.92 Å². The largest absolute Gasteiger partial charge is 0.495 e. The Hall–Kier alpha value is -0.460. The van der Waals surface area contributed by atoms with Gasteiger partial charge in [0.2, 0.25) is 0 Å². The van der Waals surface area contributed by atoms with Crippen molar-refractivity contribution in [3.63, 3.8) is 0 Å². The van der Waals surface area contributed by atoms with E-state index in [-0.39, 0.29) is 0 Å². The molecule has 0 bridgehead atoms. The van der Waals surface area contributed by atoms with E-state index in [1.165, 1.54) is 44.3 Å². The summed E-state index contributed by atoms with van der Waals surface area (Å²) in [5.74, 6) is 2.12. The maximum atomic E-state index is 6.08. The van der Waals surface area contributed by atoms with E-state index in [9.17, 15) is 0 Å². The van der Waals surface area contributed by atoms with Gasteiger partial charge in [-0.3, -0.25) is 0 Å². The van der Waals surface area contributed by atoms with Crippen LogP contribution in [0.2, 0.25) is 0 Å². The van der Waals surface area contributed by atoms with Crippen LogP contribution in [0.25, 0.3) is 0 Å². The fourth-order valence-corrected chi connectivity index (χ4v) is 2.17. The standard InChI is InChI=1S/C14H26O/c1-4-6-13(7-5-2)15-14-10-8-12(3)9-11-14/h10,12-13H,4-9,11H2,1-3H3. The molecule has 0 heterocycles. The van der Waals surface area contributed by atoms with Crippen LogP contribution >= 0.6 is 0 Å². The first kappa shape index (κ1) is 12.6. The fraction of sp³-hybridized carbons (Fsp3) is 0.857. The predicted octanol–water partition coefficient (Wildman–Crippen LogP) is 4.68. The first-order chi connectivity index (χ1) is 7.26. The topological polar surface area (TPSA) is 9.23 Å². The van der Waals surface area contributed by atoms with E-state index in [2.05, 4.69) is 26.8 Å². The van der Waals surface area contributed by atoms with Crippen LogP contribution in [0.5, 0.6) is 0 Å². The van der Waals surface area contributed by atoms with Crippen LogP contribution in [0.4, 0.5) is 0 Å². The zero-order chi connectivity index (χ0) is 11.1. The Labute approximate surface area is 94.9 Å². The molecule has 1 unspecified atom stereocenters. The first-order valence-electron chi connectivity index (χ1n) is 6.61. The molecule has 0 aromatic heterocycles. The molecule has 1 nitrogen and oxygen atoms in total. The minimum Gasteiger partial charge on any atom is -0.495 e. The summed E-state index contributed by atoms with van der Waals surface area (Å²) < 4.78 is 6.08. The van der Waals surface area contributed by atoms with Gasteiger partial charge < -0.3 is 4.74 Å². The number of rotatable bonds is 6. The van der Waals surface area contributed by atoms with Crippen molar-refractivity contribution >= 4 is 0 Å². The summed E-state index contributed by atoms with van der Waals surface area (Å²) >= 11 is 0. The third-order valence-corrected chi connectivity index (χ3v) is 3.17. The van der Waals surface area contributed by atoms with Crippen LogP contribution in [0, 0.1) is 5.92 Å². The van der Waals surface area contributed by atoms with Crippen molar-refractivity contribution in [1.29, 1.82) is 0 Å². The molecule has 0 aromatic rings. The molecule has 1 heteroatoms. The lowest BCUT2D eigenvalue weighted by atomic mass is 9.95. The molecule has 1 atom stereocenters. The van der Waals surface area contributed by atoms with Gasteiger partial charge in [0, 0.05) is 6.42 Å². The highest BCUT2D eigenvalue weighted by molar-refractivity contribution is 4.99. The molecule has 1 aliphatic rings. The highest BCUT2D eigenvalue weighted by Gasteiger charge is 2.14. The zero-order valence-electron chi connectivity index (χ0n) is 10.6. The van der Waals surface area contributed by atoms with Gasteiger partial charge in [-0.25, -0.2) is 0 Å². The van der Waals surface area contributed by atoms with E-state index in [4.69, 9.17) is 4.74 Å². The molecule has 0 saturated heterocycles. The highest BCUT2D eigenvalue weighted by atomic mass is 16.5. The molecule has 0 amide bonds. The second-order valence-electron chi connectivity index (χ2n) is 4.87. The maximum absolute atomic E-state index is 6.08. The Balaban J connectivity index is 2.36. The number of allylic oxidation sites excluding steroid dienone is 2. The number of ether oxygens (including phenoxy) is 1. The van der Waals surface area contributed by atoms with Crippen LogP contribution in [0.1, 0.15) is 65.7 Å². The highest BCUT2D eigenvalue weighted by Crippen LogP contribution is 2.26. The predicted molar refractivity (Wildman–Crippen MR) is 65.8 cm³/mol. The van der Waals surface area contributed by atoms with Crippen molar-refractivity contribution in [2.75, 3.05) is 0 Å². The summed E-state index contributed by atoms with van der Waals surface area (Å²) in [6, 6.07) is 0. The lowest BCUT2D eigenvalue weighted by molar-refractivity contribution is 0.0869. The van der Waals surface area contributed by atoms with Gasteiger partial charge in [0.15, 0.2) is 0 Å². The van der Waals surface area contributed by atoms with Crippen LogP contribution in [-0.2, 0) is 4.74 Å². The van der Waals surface area contributed by atoms with E-state index in [0.29, 0.717) is 6.10 Å². The molecule has 0 spiro atoms. The average Bonchev–Trinajstić information content (AvgIpc) is 2.22. The van der Waals surface area contributed by atoms with Crippen molar-refractivity contribution in [3.05, 3.63) is 11.8 Å². The molecule has 88 valence electrons. The van der Waals surface area contributed by atoms with Crippen molar-refractivity contribution in [1.82, 2.24) is 0 Å². The molecule has 0 aromatic carbocycles. The van der Waals surface area contributed by atoms with E-state index in [1.807, 2.05) is 0 Å². The van der Waals surface area contributed by atoms with Gasteiger partial charge >= 0.3 is 0 Å². The average molecular weight is 210 g/mol. The first-order valence-corrected chi connectivity index (χ1v) is 6.61. The van der Waals surface area contributed by atoms with Gasteiger partial charge in [0.25, 0.3) is 0 Å². The molecular weight excluding hydrogens is 184 g/mol. The Morgan fingerprint density at radius 2 is 2.00 bits per heavy atom. The van der Waals surface area contributed by atoms with Gasteiger partial charge in [0.1, 0.15) is 0 Å². The van der Waals surface area contributed by atoms with Crippen molar-refractivity contribution in [3.8, 4) is 0 Å². The molecule has 0 fully saturated rings. The van der Waals surface area contributed by atoms with Gasteiger partial charge in [-0.2, -0.15) is 0 Å². The molecule has 0 N–H and O–H groups in total. The second kappa shape index (κ2) is 6.92. The molecule has 0 aliphatic heterocycles. The smallest absolute Gasteiger partial charge is 0.0982 e. The number of hydrogen-bond acceptors (Lipinski definition) is 1. The van der Waals surface area contributed by atoms with Crippen LogP contribution in [0.15, 0.2) is 11.8 Å². The van der Waals surface area contributed by atoms with Gasteiger partial charge in [-0.1, -0.05) is 33.6 Å². The molecule has 15 heavy (non-hydrogen) atoms. The van der Waals surface area contributed by atoms with Gasteiger partial charge in [0.05, 0.1) is 11.9 Å². The maximum Gasteiger partial charge on any atom is 0.0982 e. The fourth-order valence-electron chi connectivity index (χ4n) is 2.17. The molecule has 0 saturated carbocycles. The van der Waals surface area contributed by atoms with Crippen molar-refractivity contribution < 1.29 is 4.74 Å². The Morgan fingerprint density at radius 1 is 1.33 bits per heavy atom. The summed E-state index contributed by atoms with van der Waals surface area (Å²) in [7, 11) is 0. The summed E-state index contributed by atoms with van der Waals surface area (Å²) in [5.41, 5.74) is 0. The lowest BCUT2D eigenvalue weighted by Crippen LogP contribution is -2.14. The van der Waals surface area contributed by atoms with E-state index in [0.717, 1.165) is 12.3 Å². The zero-order valence-corrected chi connectivity index (χ0v) is 10.6. The minimum atomic E-state index is 0.472. The Bertz CT molecular complexity index is 190. The molecule has 1 aliphatic carbocycles. The summed E-state index contributed by atoms with van der Waals surface area (Å²) in [6.45, 7) is 6.80. The summed E-state index contributed by atoms with van der Waals surface area (Å²) in [4.78, 5) is 0. The van der Waals surface area contributed by atoms with Crippen molar-refractivity contribution in [2.45, 2.75) is 71.8 Å².